The Balaban J connectivity index is 1.88. The summed E-state index contributed by atoms with van der Waals surface area (Å²) in [6, 6.07) is 12.0. The Hall–Kier alpha value is -1.89. The fourth-order valence-corrected chi connectivity index (χ4v) is 2.27. The quantitative estimate of drug-likeness (QED) is 0.688. The Labute approximate surface area is 130 Å². The number of anilines is 2. The van der Waals surface area contributed by atoms with Crippen LogP contribution in [-0.4, -0.2) is 9.97 Å². The smallest absolute Gasteiger partial charge is 0.257 e. The number of aryl methyl sites for hydroxylation is 1. The zero-order valence-electron chi connectivity index (χ0n) is 10.8. The van der Waals surface area contributed by atoms with Crippen LogP contribution in [0.25, 0.3) is 11.3 Å². The van der Waals surface area contributed by atoms with Gasteiger partial charge in [0.1, 0.15) is 5.82 Å². The van der Waals surface area contributed by atoms with E-state index in [1.165, 1.54) is 5.56 Å². The fraction of sp³-hybridized carbons (Fsp3) is 0.0667. The van der Waals surface area contributed by atoms with Gasteiger partial charge in [0.25, 0.3) is 3.90 Å². The van der Waals surface area contributed by atoms with Crippen molar-refractivity contribution in [2.24, 2.45) is 0 Å². The van der Waals surface area contributed by atoms with Crippen LogP contribution in [0, 0.1) is 10.8 Å². The zero-order valence-corrected chi connectivity index (χ0v) is 13.0. The second-order valence-electron chi connectivity index (χ2n) is 4.40. The number of nitrogens with one attached hydrogen (secondary N) is 1. The topological polar surface area (TPSA) is 51.0 Å². The van der Waals surface area contributed by atoms with E-state index in [0.717, 1.165) is 22.8 Å². The molecule has 4 nitrogen and oxygen atoms in total. The molecule has 0 aliphatic rings. The van der Waals surface area contributed by atoms with Gasteiger partial charge in [0, 0.05) is 40.0 Å². The molecule has 3 rings (SSSR count). The average molecular weight is 377 g/mol. The van der Waals surface area contributed by atoms with E-state index < -0.39 is 0 Å². The molecule has 1 aromatic carbocycles. The number of nitrogens with zero attached hydrogens (tertiary/aromatic N) is 2. The van der Waals surface area contributed by atoms with Gasteiger partial charge in [0.2, 0.25) is 0 Å². The van der Waals surface area contributed by atoms with Crippen LogP contribution in [0.1, 0.15) is 5.56 Å². The maximum atomic E-state index is 5.53. The summed E-state index contributed by atoms with van der Waals surface area (Å²) in [4.78, 5) is 8.40. The summed E-state index contributed by atoms with van der Waals surface area (Å²) >= 11 is 2.05. The molecule has 1 N–H and O–H groups in total. The van der Waals surface area contributed by atoms with Crippen LogP contribution >= 0.6 is 22.6 Å². The Kier molecular flexibility index (Phi) is 3.68. The fourth-order valence-electron chi connectivity index (χ4n) is 1.89. The van der Waals surface area contributed by atoms with Gasteiger partial charge in [-0.1, -0.05) is 12.1 Å². The van der Waals surface area contributed by atoms with E-state index in [1.54, 1.807) is 12.4 Å². The molecule has 0 spiro atoms. The minimum Gasteiger partial charge on any atom is -0.432 e. The molecule has 0 amide bonds. The second kappa shape index (κ2) is 5.62. The number of benzene rings is 1. The number of oxazole rings is 1. The third-order valence-corrected chi connectivity index (χ3v) is 3.31. The highest BCUT2D eigenvalue weighted by atomic mass is 127. The highest BCUT2D eigenvalue weighted by Crippen LogP contribution is 2.25. The zero-order chi connectivity index (χ0) is 13.9. The van der Waals surface area contributed by atoms with Crippen LogP contribution in [0.4, 0.5) is 11.5 Å². The summed E-state index contributed by atoms with van der Waals surface area (Å²) in [5, 5.41) is 3.29. The molecule has 0 radical (unpaired) electrons. The highest BCUT2D eigenvalue weighted by molar-refractivity contribution is 14.1. The van der Waals surface area contributed by atoms with Crippen molar-refractivity contribution < 1.29 is 4.42 Å². The lowest BCUT2D eigenvalue weighted by Gasteiger charge is -2.07. The van der Waals surface area contributed by atoms with Gasteiger partial charge in [-0.15, -0.1) is 0 Å². The van der Waals surface area contributed by atoms with Crippen LogP contribution in [0.3, 0.4) is 0 Å². The molecule has 0 saturated carbocycles. The maximum absolute atomic E-state index is 5.53. The van der Waals surface area contributed by atoms with Crippen molar-refractivity contribution in [2.75, 3.05) is 5.32 Å². The number of rotatable bonds is 3. The van der Waals surface area contributed by atoms with Crippen LogP contribution < -0.4 is 5.32 Å². The van der Waals surface area contributed by atoms with Crippen LogP contribution in [0.5, 0.6) is 0 Å². The monoisotopic (exact) mass is 377 g/mol. The molecule has 100 valence electrons. The number of hydrogen-bond donors (Lipinski definition) is 1. The first-order chi connectivity index (χ1) is 9.70. The van der Waals surface area contributed by atoms with E-state index in [9.17, 15) is 0 Å². The van der Waals surface area contributed by atoms with Crippen LogP contribution in [0.2, 0.25) is 0 Å². The molecule has 5 heteroatoms. The van der Waals surface area contributed by atoms with E-state index in [0.29, 0.717) is 3.90 Å². The molecule has 0 saturated heterocycles. The summed E-state index contributed by atoms with van der Waals surface area (Å²) in [6.45, 7) is 2.04. The summed E-state index contributed by atoms with van der Waals surface area (Å²) in [7, 11) is 0. The first-order valence-electron chi connectivity index (χ1n) is 6.12. The number of aromatic nitrogens is 2. The third-order valence-electron chi connectivity index (χ3n) is 2.81. The maximum Gasteiger partial charge on any atom is 0.257 e. The van der Waals surface area contributed by atoms with Crippen molar-refractivity contribution in [3.05, 3.63) is 58.3 Å². The van der Waals surface area contributed by atoms with Gasteiger partial charge < -0.3 is 9.73 Å². The van der Waals surface area contributed by atoms with E-state index in [4.69, 9.17) is 4.42 Å². The predicted molar refractivity (Wildman–Crippen MR) is 86.9 cm³/mol. The Morgan fingerprint density at radius 1 is 1.15 bits per heavy atom. The van der Waals surface area contributed by atoms with Gasteiger partial charge in [0.05, 0.1) is 6.20 Å². The molecular formula is C15H12IN3O. The van der Waals surface area contributed by atoms with E-state index >= 15 is 0 Å². The number of hydrogen-bond acceptors (Lipinski definition) is 4. The van der Waals surface area contributed by atoms with Crippen molar-refractivity contribution in [1.29, 1.82) is 0 Å². The first kappa shape index (κ1) is 13.1. The Morgan fingerprint density at radius 2 is 2.05 bits per heavy atom. The molecule has 0 aliphatic carbocycles. The van der Waals surface area contributed by atoms with Crippen molar-refractivity contribution in [3.8, 4) is 11.3 Å². The lowest BCUT2D eigenvalue weighted by Crippen LogP contribution is -1.93. The highest BCUT2D eigenvalue weighted by Gasteiger charge is 2.05. The van der Waals surface area contributed by atoms with Crippen molar-refractivity contribution >= 4 is 34.1 Å². The normalized spacial score (nSPS) is 10.5. The standard InChI is InChI=1S/C15H12IN3O/c1-10-5-6-17-14(7-10)19-12-4-2-3-11(8-12)13-9-18-15(16)20-13/h2-9H,1H3,(H,17,19). The van der Waals surface area contributed by atoms with Crippen molar-refractivity contribution in [1.82, 2.24) is 9.97 Å². The summed E-state index contributed by atoms with van der Waals surface area (Å²) in [5.41, 5.74) is 3.12. The molecule has 0 atom stereocenters. The lowest BCUT2D eigenvalue weighted by molar-refractivity contribution is 0.539. The molecule has 0 bridgehead atoms. The van der Waals surface area contributed by atoms with E-state index in [1.807, 2.05) is 43.3 Å². The second-order valence-corrected chi connectivity index (χ2v) is 5.32. The van der Waals surface area contributed by atoms with Crippen LogP contribution in [-0.2, 0) is 0 Å². The summed E-state index contributed by atoms with van der Waals surface area (Å²) in [6.07, 6.45) is 3.52. The minimum atomic E-state index is 0.635. The van der Waals surface area contributed by atoms with Gasteiger partial charge in [-0.2, -0.15) is 0 Å². The molecule has 0 fully saturated rings. The number of halogens is 1. The Bertz CT molecular complexity index is 739. The SMILES string of the molecule is Cc1ccnc(Nc2cccc(-c3cnc(I)o3)c2)c1. The van der Waals surface area contributed by atoms with Gasteiger partial charge in [-0.25, -0.2) is 9.97 Å². The van der Waals surface area contributed by atoms with Gasteiger partial charge in [0.15, 0.2) is 5.76 Å². The minimum absolute atomic E-state index is 0.635. The van der Waals surface area contributed by atoms with Gasteiger partial charge in [-0.05, 0) is 36.8 Å². The summed E-state index contributed by atoms with van der Waals surface area (Å²) in [5.74, 6) is 1.59. The molecule has 2 aromatic heterocycles. The lowest BCUT2D eigenvalue weighted by atomic mass is 10.1. The number of pyridine rings is 1. The third kappa shape index (κ3) is 2.98. The van der Waals surface area contributed by atoms with Gasteiger partial charge in [-0.3, -0.25) is 0 Å². The van der Waals surface area contributed by atoms with E-state index in [-0.39, 0.29) is 0 Å². The first-order valence-corrected chi connectivity index (χ1v) is 7.20. The summed E-state index contributed by atoms with van der Waals surface area (Å²) < 4.78 is 6.16. The van der Waals surface area contributed by atoms with Crippen molar-refractivity contribution in [3.63, 3.8) is 0 Å². The average Bonchev–Trinajstić information content (AvgIpc) is 2.86. The molecule has 2 heterocycles. The van der Waals surface area contributed by atoms with Crippen molar-refractivity contribution in [2.45, 2.75) is 6.92 Å². The molecule has 0 unspecified atom stereocenters. The molecule has 0 aliphatic heterocycles. The van der Waals surface area contributed by atoms with Gasteiger partial charge >= 0.3 is 0 Å². The molecule has 3 aromatic rings. The predicted octanol–water partition coefficient (Wildman–Crippen LogP) is 4.39. The Morgan fingerprint density at radius 3 is 2.80 bits per heavy atom. The van der Waals surface area contributed by atoms with Crippen LogP contribution in [0.15, 0.2) is 53.2 Å². The molecule has 20 heavy (non-hydrogen) atoms. The largest absolute Gasteiger partial charge is 0.432 e. The molecular weight excluding hydrogens is 365 g/mol. The van der Waals surface area contributed by atoms with E-state index in [2.05, 4.69) is 37.9 Å².